The van der Waals surface area contributed by atoms with E-state index in [0.717, 1.165) is 25.7 Å². The van der Waals surface area contributed by atoms with Crippen LogP contribution in [0.4, 0.5) is 0 Å². The fourth-order valence-corrected chi connectivity index (χ4v) is 4.19. The highest BCUT2D eigenvalue weighted by molar-refractivity contribution is 6.03. The zero-order chi connectivity index (χ0) is 18.5. The number of likely N-dealkylation sites (tertiary alicyclic amines) is 1. The van der Waals surface area contributed by atoms with Gasteiger partial charge in [-0.1, -0.05) is 12.8 Å². The molecule has 0 aromatic heterocycles. The van der Waals surface area contributed by atoms with Crippen LogP contribution in [0.5, 0.6) is 0 Å². The maximum Gasteiger partial charge on any atom is 0.233 e. The lowest BCUT2D eigenvalue weighted by Crippen LogP contribution is -2.47. The van der Waals surface area contributed by atoms with Gasteiger partial charge in [0.2, 0.25) is 17.7 Å². The Balaban J connectivity index is 1.32. The Morgan fingerprint density at radius 2 is 1.77 bits per heavy atom. The number of ether oxygens (including phenoxy) is 1. The highest BCUT2D eigenvalue weighted by Gasteiger charge is 2.43. The van der Waals surface area contributed by atoms with E-state index >= 15 is 0 Å². The first-order chi connectivity index (χ1) is 12.6. The molecule has 1 N–H and O–H groups in total. The van der Waals surface area contributed by atoms with E-state index in [4.69, 9.17) is 4.74 Å². The number of hydrogen-bond acceptors (Lipinski definition) is 6. The number of carbonyl (C=O) groups is 3. The Hall–Kier alpha value is -1.51. The van der Waals surface area contributed by atoms with Crippen LogP contribution in [0.15, 0.2) is 0 Å². The molecule has 0 bridgehead atoms. The van der Waals surface area contributed by atoms with Crippen LogP contribution in [-0.4, -0.2) is 83.7 Å². The average molecular weight is 367 g/mol. The first-order valence-electron chi connectivity index (χ1n) is 9.70. The van der Waals surface area contributed by atoms with Gasteiger partial charge in [0, 0.05) is 32.6 Å². The van der Waals surface area contributed by atoms with Gasteiger partial charge in [0.25, 0.3) is 0 Å². The fourth-order valence-electron chi connectivity index (χ4n) is 4.19. The van der Waals surface area contributed by atoms with E-state index in [2.05, 4.69) is 0 Å². The molecule has 0 aromatic carbocycles. The van der Waals surface area contributed by atoms with Crippen molar-refractivity contribution in [3.63, 3.8) is 0 Å². The summed E-state index contributed by atoms with van der Waals surface area (Å²) in [5.74, 6) is 0.121. The molecule has 3 amide bonds. The summed E-state index contributed by atoms with van der Waals surface area (Å²) in [5, 5.41) is 10.5. The number of imide groups is 1. The van der Waals surface area contributed by atoms with Gasteiger partial charge in [0.15, 0.2) is 0 Å². The molecule has 146 valence electrons. The number of hydroxylamine groups is 2. The minimum absolute atomic E-state index is 0.00715. The van der Waals surface area contributed by atoms with E-state index in [9.17, 15) is 19.6 Å². The van der Waals surface area contributed by atoms with Crippen molar-refractivity contribution < 1.29 is 24.3 Å². The summed E-state index contributed by atoms with van der Waals surface area (Å²) in [7, 11) is 0. The number of amides is 3. The summed E-state index contributed by atoms with van der Waals surface area (Å²) in [4.78, 5) is 39.7. The van der Waals surface area contributed by atoms with Crippen molar-refractivity contribution in [3.05, 3.63) is 0 Å². The van der Waals surface area contributed by atoms with Crippen LogP contribution in [0.25, 0.3) is 0 Å². The van der Waals surface area contributed by atoms with E-state index < -0.39 is 0 Å². The smallest absolute Gasteiger partial charge is 0.233 e. The molecule has 0 aromatic rings. The van der Waals surface area contributed by atoms with Crippen LogP contribution in [0, 0.1) is 11.8 Å². The maximum absolute atomic E-state index is 12.5. The standard InChI is InChI=1S/C18H29N3O5/c22-16(19-6-8-20(25)9-7-19)5-11-26-12-10-21-17(23)13-15(18(21)24)14-3-1-2-4-14/h14-15,25H,1-13H2. The number of piperazine rings is 1. The van der Waals surface area contributed by atoms with Crippen molar-refractivity contribution in [2.24, 2.45) is 11.8 Å². The third-order valence-electron chi connectivity index (χ3n) is 5.78. The molecule has 0 radical (unpaired) electrons. The molecule has 3 rings (SSSR count). The van der Waals surface area contributed by atoms with Crippen molar-refractivity contribution in [2.45, 2.75) is 38.5 Å². The first kappa shape index (κ1) is 19.3. The van der Waals surface area contributed by atoms with Crippen molar-refractivity contribution in [1.82, 2.24) is 14.9 Å². The van der Waals surface area contributed by atoms with Gasteiger partial charge >= 0.3 is 0 Å². The zero-order valence-corrected chi connectivity index (χ0v) is 15.3. The van der Waals surface area contributed by atoms with Crippen molar-refractivity contribution >= 4 is 17.7 Å². The lowest BCUT2D eigenvalue weighted by atomic mass is 9.89. The second-order valence-corrected chi connectivity index (χ2v) is 7.44. The third-order valence-corrected chi connectivity index (χ3v) is 5.78. The van der Waals surface area contributed by atoms with E-state index in [-0.39, 0.29) is 49.8 Å². The number of hydrogen-bond donors (Lipinski definition) is 1. The van der Waals surface area contributed by atoms with Gasteiger partial charge in [-0.2, -0.15) is 5.06 Å². The molecular formula is C18H29N3O5. The Morgan fingerprint density at radius 3 is 2.46 bits per heavy atom. The molecule has 1 unspecified atom stereocenters. The molecule has 3 aliphatic rings. The predicted octanol–water partition coefficient (Wildman–Crippen LogP) is 0.492. The highest BCUT2D eigenvalue weighted by atomic mass is 16.5. The van der Waals surface area contributed by atoms with E-state index in [1.165, 1.54) is 9.96 Å². The predicted molar refractivity (Wildman–Crippen MR) is 92.2 cm³/mol. The summed E-state index contributed by atoms with van der Waals surface area (Å²) < 4.78 is 5.48. The fraction of sp³-hybridized carbons (Fsp3) is 0.833. The van der Waals surface area contributed by atoms with Crippen LogP contribution < -0.4 is 0 Å². The molecule has 2 heterocycles. The number of carbonyl (C=O) groups excluding carboxylic acids is 3. The van der Waals surface area contributed by atoms with Gasteiger partial charge in [-0.05, 0) is 18.8 Å². The second-order valence-electron chi connectivity index (χ2n) is 7.44. The third kappa shape index (κ3) is 4.61. The topological polar surface area (TPSA) is 90.4 Å². The molecule has 2 aliphatic heterocycles. The second kappa shape index (κ2) is 8.92. The number of nitrogens with zero attached hydrogens (tertiary/aromatic N) is 3. The maximum atomic E-state index is 12.5. The Morgan fingerprint density at radius 1 is 1.08 bits per heavy atom. The molecule has 8 heteroatoms. The molecule has 1 aliphatic carbocycles. The van der Waals surface area contributed by atoms with Crippen molar-refractivity contribution in [3.8, 4) is 0 Å². The molecule has 0 spiro atoms. The summed E-state index contributed by atoms with van der Waals surface area (Å²) in [6.45, 7) is 2.80. The van der Waals surface area contributed by atoms with Crippen molar-refractivity contribution in [2.75, 3.05) is 45.9 Å². The monoisotopic (exact) mass is 367 g/mol. The molecule has 1 saturated carbocycles. The molecule has 2 saturated heterocycles. The molecular weight excluding hydrogens is 338 g/mol. The van der Waals surface area contributed by atoms with Crippen LogP contribution in [0.3, 0.4) is 0 Å². The summed E-state index contributed by atoms with van der Waals surface area (Å²) >= 11 is 0. The minimum Gasteiger partial charge on any atom is -0.379 e. The SMILES string of the molecule is O=C(CCOCCN1C(=O)CC(C2CCCC2)C1=O)N1CCN(O)CC1. The normalized spacial score (nSPS) is 25.5. The van der Waals surface area contributed by atoms with Crippen molar-refractivity contribution in [1.29, 1.82) is 0 Å². The molecule has 8 nitrogen and oxygen atoms in total. The van der Waals surface area contributed by atoms with Gasteiger partial charge in [-0.3, -0.25) is 19.3 Å². The van der Waals surface area contributed by atoms with Gasteiger partial charge in [-0.25, -0.2) is 0 Å². The Bertz CT molecular complexity index is 527. The average Bonchev–Trinajstić information content (AvgIpc) is 3.25. The minimum atomic E-state index is -0.128. The summed E-state index contributed by atoms with van der Waals surface area (Å²) in [5.41, 5.74) is 0. The number of rotatable bonds is 7. The van der Waals surface area contributed by atoms with E-state index in [1.807, 2.05) is 0 Å². The van der Waals surface area contributed by atoms with Crippen LogP contribution in [0.1, 0.15) is 38.5 Å². The van der Waals surface area contributed by atoms with Crippen LogP contribution >= 0.6 is 0 Å². The van der Waals surface area contributed by atoms with Crippen LogP contribution in [-0.2, 0) is 19.1 Å². The Kier molecular flexibility index (Phi) is 6.61. The quantitative estimate of drug-likeness (QED) is 0.520. The largest absolute Gasteiger partial charge is 0.379 e. The first-order valence-corrected chi connectivity index (χ1v) is 9.70. The van der Waals surface area contributed by atoms with E-state index in [0.29, 0.717) is 38.5 Å². The molecule has 1 atom stereocenters. The highest BCUT2D eigenvalue weighted by Crippen LogP contribution is 2.37. The van der Waals surface area contributed by atoms with Gasteiger partial charge in [0.05, 0.1) is 32.1 Å². The van der Waals surface area contributed by atoms with Gasteiger partial charge in [-0.15, -0.1) is 0 Å². The Labute approximate surface area is 154 Å². The zero-order valence-electron chi connectivity index (χ0n) is 15.3. The lowest BCUT2D eigenvalue weighted by Gasteiger charge is -2.31. The lowest BCUT2D eigenvalue weighted by molar-refractivity contribution is -0.147. The van der Waals surface area contributed by atoms with E-state index in [1.54, 1.807) is 4.90 Å². The van der Waals surface area contributed by atoms with Crippen LogP contribution in [0.2, 0.25) is 0 Å². The summed E-state index contributed by atoms with van der Waals surface area (Å²) in [6.07, 6.45) is 5.05. The van der Waals surface area contributed by atoms with Gasteiger partial charge < -0.3 is 14.8 Å². The molecule has 26 heavy (non-hydrogen) atoms. The van der Waals surface area contributed by atoms with Gasteiger partial charge in [0.1, 0.15) is 0 Å². The molecule has 3 fully saturated rings. The summed E-state index contributed by atoms with van der Waals surface area (Å²) in [6, 6.07) is 0.